The fraction of sp³-hybridized carbons (Fsp3) is 0.211. The highest BCUT2D eigenvalue weighted by Gasteiger charge is 2.20. The van der Waals surface area contributed by atoms with Crippen molar-refractivity contribution in [3.63, 3.8) is 0 Å². The molecule has 25 heavy (non-hydrogen) atoms. The van der Waals surface area contributed by atoms with Gasteiger partial charge in [0.1, 0.15) is 5.75 Å². The van der Waals surface area contributed by atoms with Gasteiger partial charge < -0.3 is 15.0 Å². The fourth-order valence-corrected chi connectivity index (χ4v) is 2.63. The van der Waals surface area contributed by atoms with Crippen LogP contribution in [0.5, 0.6) is 5.75 Å². The molecule has 0 saturated carbocycles. The first-order chi connectivity index (χ1) is 12.1. The SMILES string of the molecule is CN1C(=O)CCOc2ccc(CC(=O)Nc3ccc(C#N)cc3)cc21. The molecule has 2 aromatic carbocycles. The van der Waals surface area contributed by atoms with Crippen LogP contribution < -0.4 is 15.0 Å². The summed E-state index contributed by atoms with van der Waals surface area (Å²) in [5.41, 5.74) is 2.63. The molecular formula is C19H17N3O3. The number of carbonyl (C=O) groups is 2. The van der Waals surface area contributed by atoms with E-state index in [1.807, 2.05) is 12.1 Å². The molecule has 0 bridgehead atoms. The van der Waals surface area contributed by atoms with Crippen molar-refractivity contribution in [1.82, 2.24) is 0 Å². The van der Waals surface area contributed by atoms with Crippen molar-refractivity contribution in [2.45, 2.75) is 12.8 Å². The topological polar surface area (TPSA) is 82.4 Å². The average molecular weight is 335 g/mol. The van der Waals surface area contributed by atoms with Crippen LogP contribution in [-0.4, -0.2) is 25.5 Å². The Labute approximate surface area is 145 Å². The molecule has 2 aromatic rings. The van der Waals surface area contributed by atoms with Crippen LogP contribution >= 0.6 is 0 Å². The molecule has 126 valence electrons. The van der Waals surface area contributed by atoms with Gasteiger partial charge in [0, 0.05) is 12.7 Å². The first-order valence-electron chi connectivity index (χ1n) is 7.89. The van der Waals surface area contributed by atoms with Crippen molar-refractivity contribution in [1.29, 1.82) is 5.26 Å². The molecule has 1 aliphatic heterocycles. The molecule has 0 aliphatic carbocycles. The summed E-state index contributed by atoms with van der Waals surface area (Å²) in [5.74, 6) is 0.454. The number of ether oxygens (including phenoxy) is 1. The first-order valence-corrected chi connectivity index (χ1v) is 7.89. The van der Waals surface area contributed by atoms with Crippen LogP contribution in [-0.2, 0) is 16.0 Å². The number of hydrogen-bond donors (Lipinski definition) is 1. The highest BCUT2D eigenvalue weighted by atomic mass is 16.5. The molecule has 3 rings (SSSR count). The first kappa shape index (κ1) is 16.5. The number of carbonyl (C=O) groups excluding carboxylic acids is 2. The van der Waals surface area contributed by atoms with Crippen molar-refractivity contribution in [2.75, 3.05) is 23.9 Å². The van der Waals surface area contributed by atoms with Crippen LogP contribution in [0.4, 0.5) is 11.4 Å². The molecule has 0 unspecified atom stereocenters. The molecular weight excluding hydrogens is 318 g/mol. The van der Waals surface area contributed by atoms with E-state index in [1.54, 1.807) is 48.3 Å². The van der Waals surface area contributed by atoms with Crippen LogP contribution in [0.15, 0.2) is 42.5 Å². The van der Waals surface area contributed by atoms with Gasteiger partial charge in [0.15, 0.2) is 0 Å². The number of nitrogens with zero attached hydrogens (tertiary/aromatic N) is 2. The minimum absolute atomic E-state index is 0.0158. The predicted molar refractivity (Wildman–Crippen MR) is 93.5 cm³/mol. The number of nitriles is 1. The Hall–Kier alpha value is -3.33. The minimum atomic E-state index is -0.173. The molecule has 0 atom stereocenters. The van der Waals surface area contributed by atoms with Gasteiger partial charge in [-0.1, -0.05) is 6.07 Å². The third kappa shape index (κ3) is 3.78. The lowest BCUT2D eigenvalue weighted by molar-refractivity contribution is -0.118. The van der Waals surface area contributed by atoms with E-state index < -0.39 is 0 Å². The number of hydrogen-bond acceptors (Lipinski definition) is 4. The van der Waals surface area contributed by atoms with Gasteiger partial charge in [-0.3, -0.25) is 9.59 Å². The average Bonchev–Trinajstić information content (AvgIpc) is 2.75. The quantitative estimate of drug-likeness (QED) is 0.934. The second-order valence-electron chi connectivity index (χ2n) is 5.77. The molecule has 6 heteroatoms. The zero-order valence-corrected chi connectivity index (χ0v) is 13.8. The van der Waals surface area contributed by atoms with E-state index in [4.69, 9.17) is 10.00 Å². The standard InChI is InChI=1S/C19H17N3O3/c1-22-16-10-14(4-7-17(16)25-9-8-19(22)24)11-18(23)21-15-5-2-13(12-20)3-6-15/h2-7,10H,8-9,11H2,1H3,(H,21,23). The molecule has 0 saturated heterocycles. The summed E-state index contributed by atoms with van der Waals surface area (Å²) in [5, 5.41) is 11.6. The van der Waals surface area contributed by atoms with Gasteiger partial charge in [0.05, 0.1) is 36.8 Å². The minimum Gasteiger partial charge on any atom is -0.491 e. The Morgan fingerprint density at radius 3 is 2.76 bits per heavy atom. The number of fused-ring (bicyclic) bond motifs is 1. The monoisotopic (exact) mass is 335 g/mol. The molecule has 6 nitrogen and oxygen atoms in total. The van der Waals surface area contributed by atoms with Gasteiger partial charge in [-0.05, 0) is 42.0 Å². The summed E-state index contributed by atoms with van der Waals surface area (Å²) >= 11 is 0. The van der Waals surface area contributed by atoms with Crippen LogP contribution in [0.3, 0.4) is 0 Å². The van der Waals surface area contributed by atoms with E-state index in [-0.39, 0.29) is 18.2 Å². The number of rotatable bonds is 3. The number of anilines is 2. The summed E-state index contributed by atoms with van der Waals surface area (Å²) in [6, 6.07) is 14.1. The highest BCUT2D eigenvalue weighted by Crippen LogP contribution is 2.31. The van der Waals surface area contributed by atoms with E-state index in [0.29, 0.717) is 35.7 Å². The Bertz CT molecular complexity index is 853. The normalized spacial score (nSPS) is 13.3. The summed E-state index contributed by atoms with van der Waals surface area (Å²) in [6.07, 6.45) is 0.509. The van der Waals surface area contributed by atoms with Crippen molar-refractivity contribution in [3.8, 4) is 11.8 Å². The zero-order chi connectivity index (χ0) is 17.8. The van der Waals surface area contributed by atoms with Gasteiger partial charge in [-0.2, -0.15) is 5.26 Å². The van der Waals surface area contributed by atoms with Crippen LogP contribution in [0, 0.1) is 11.3 Å². The van der Waals surface area contributed by atoms with Gasteiger partial charge in [-0.15, -0.1) is 0 Å². The van der Waals surface area contributed by atoms with E-state index in [9.17, 15) is 9.59 Å². The zero-order valence-electron chi connectivity index (χ0n) is 13.8. The lowest BCUT2D eigenvalue weighted by atomic mass is 10.1. The van der Waals surface area contributed by atoms with Crippen molar-refractivity contribution in [3.05, 3.63) is 53.6 Å². The van der Waals surface area contributed by atoms with Crippen molar-refractivity contribution in [2.24, 2.45) is 0 Å². The predicted octanol–water partition coefficient (Wildman–Crippen LogP) is 2.48. The van der Waals surface area contributed by atoms with Gasteiger partial charge >= 0.3 is 0 Å². The number of nitrogens with one attached hydrogen (secondary N) is 1. The molecule has 1 N–H and O–H groups in total. The summed E-state index contributed by atoms with van der Waals surface area (Å²) in [6.45, 7) is 0.356. The molecule has 0 aromatic heterocycles. The van der Waals surface area contributed by atoms with Crippen LogP contribution in [0.2, 0.25) is 0 Å². The van der Waals surface area contributed by atoms with Gasteiger partial charge in [0.2, 0.25) is 11.8 Å². The third-order valence-electron chi connectivity index (χ3n) is 3.99. The summed E-state index contributed by atoms with van der Waals surface area (Å²) < 4.78 is 5.58. The third-order valence-corrected chi connectivity index (χ3v) is 3.99. The lowest BCUT2D eigenvalue weighted by Crippen LogP contribution is -2.25. The van der Waals surface area contributed by atoms with Gasteiger partial charge in [0.25, 0.3) is 0 Å². The van der Waals surface area contributed by atoms with E-state index in [1.165, 1.54) is 0 Å². The summed E-state index contributed by atoms with van der Waals surface area (Å²) in [7, 11) is 1.70. The molecule has 0 spiro atoms. The maximum absolute atomic E-state index is 12.2. The molecule has 1 heterocycles. The largest absolute Gasteiger partial charge is 0.491 e. The van der Waals surface area contributed by atoms with E-state index in [0.717, 1.165) is 5.56 Å². The van der Waals surface area contributed by atoms with Crippen molar-refractivity contribution < 1.29 is 14.3 Å². The van der Waals surface area contributed by atoms with E-state index >= 15 is 0 Å². The number of amides is 2. The lowest BCUT2D eigenvalue weighted by Gasteiger charge is -2.17. The second-order valence-corrected chi connectivity index (χ2v) is 5.77. The summed E-state index contributed by atoms with van der Waals surface area (Å²) in [4.78, 5) is 25.7. The maximum atomic E-state index is 12.2. The van der Waals surface area contributed by atoms with Crippen LogP contribution in [0.25, 0.3) is 0 Å². The molecule has 1 aliphatic rings. The van der Waals surface area contributed by atoms with Crippen LogP contribution in [0.1, 0.15) is 17.5 Å². The molecule has 0 radical (unpaired) electrons. The Morgan fingerprint density at radius 1 is 1.28 bits per heavy atom. The second kappa shape index (κ2) is 7.05. The Balaban J connectivity index is 1.72. The smallest absolute Gasteiger partial charge is 0.230 e. The molecule has 2 amide bonds. The fourth-order valence-electron chi connectivity index (χ4n) is 2.63. The van der Waals surface area contributed by atoms with E-state index in [2.05, 4.69) is 5.32 Å². The van der Waals surface area contributed by atoms with Gasteiger partial charge in [-0.25, -0.2) is 0 Å². The Morgan fingerprint density at radius 2 is 2.04 bits per heavy atom. The van der Waals surface area contributed by atoms with Crippen molar-refractivity contribution >= 4 is 23.2 Å². The number of benzene rings is 2. The molecule has 0 fully saturated rings. The maximum Gasteiger partial charge on any atom is 0.230 e. The highest BCUT2D eigenvalue weighted by molar-refractivity contribution is 5.96. The Kier molecular flexibility index (Phi) is 4.66.